The van der Waals surface area contributed by atoms with Gasteiger partial charge in [-0.25, -0.2) is 0 Å². The average Bonchev–Trinajstić information content (AvgIpc) is 3.12. The molecule has 2 rings (SSSR count). The van der Waals surface area contributed by atoms with Crippen LogP contribution < -0.4 is 10.6 Å². The van der Waals surface area contributed by atoms with E-state index in [-0.39, 0.29) is 11.1 Å². The van der Waals surface area contributed by atoms with Crippen molar-refractivity contribution >= 4 is 0 Å². The second kappa shape index (κ2) is 10.8. The Labute approximate surface area is 175 Å². The average molecular weight is 409 g/mol. The van der Waals surface area contributed by atoms with E-state index in [1.807, 2.05) is 6.92 Å². The highest BCUT2D eigenvalue weighted by molar-refractivity contribution is 4.91. The summed E-state index contributed by atoms with van der Waals surface area (Å²) in [4.78, 5) is 8.37. The lowest BCUT2D eigenvalue weighted by atomic mass is 10.0. The van der Waals surface area contributed by atoms with Gasteiger partial charge in [-0.3, -0.25) is 0 Å². The van der Waals surface area contributed by atoms with Crippen LogP contribution in [0, 0.1) is 13.8 Å². The van der Waals surface area contributed by atoms with E-state index in [0.717, 1.165) is 30.9 Å². The Morgan fingerprint density at radius 3 is 1.59 bits per heavy atom. The lowest BCUT2D eigenvalue weighted by Gasteiger charge is -2.27. The van der Waals surface area contributed by atoms with Crippen LogP contribution in [0.15, 0.2) is 9.05 Å². The first-order valence-electron chi connectivity index (χ1n) is 10.4. The topological polar surface area (TPSA) is 102 Å². The summed E-state index contributed by atoms with van der Waals surface area (Å²) >= 11 is 0. The number of rotatable bonds is 7. The van der Waals surface area contributed by atoms with Crippen LogP contribution in [0.3, 0.4) is 0 Å². The Kier molecular flexibility index (Phi) is 9.42. The molecule has 2 aromatic rings. The molecule has 166 valence electrons. The highest BCUT2D eigenvalue weighted by Crippen LogP contribution is 2.08. The van der Waals surface area contributed by atoms with Gasteiger partial charge in [-0.1, -0.05) is 17.2 Å². The van der Waals surface area contributed by atoms with Gasteiger partial charge in [-0.15, -0.1) is 0 Å². The largest absolute Gasteiger partial charge is 0.340 e. The molecular formula is C21H40N6O2. The number of hydrogen-bond donors (Lipinski definition) is 2. The van der Waals surface area contributed by atoms with E-state index in [1.54, 1.807) is 6.92 Å². The monoisotopic (exact) mass is 408 g/mol. The van der Waals surface area contributed by atoms with Crippen molar-refractivity contribution < 1.29 is 9.05 Å². The van der Waals surface area contributed by atoms with Crippen LogP contribution in [-0.2, 0) is 12.8 Å². The molecule has 0 fully saturated rings. The van der Waals surface area contributed by atoms with E-state index in [9.17, 15) is 0 Å². The zero-order chi connectivity index (χ0) is 22.2. The molecule has 0 aliphatic rings. The maximum atomic E-state index is 4.95. The quantitative estimate of drug-likeness (QED) is 0.713. The molecular weight excluding hydrogens is 368 g/mol. The van der Waals surface area contributed by atoms with Crippen LogP contribution >= 0.6 is 0 Å². The number of aryl methyl sites for hydroxylation is 2. The van der Waals surface area contributed by atoms with E-state index >= 15 is 0 Å². The zero-order valence-electron chi connectivity index (χ0n) is 19.9. The smallest absolute Gasteiger partial charge is 0.223 e. The Morgan fingerprint density at radius 1 is 0.793 bits per heavy atom. The fraction of sp³-hybridized carbons (Fsp3) is 0.810. The predicted molar refractivity (Wildman–Crippen MR) is 115 cm³/mol. The first kappa shape index (κ1) is 25.2. The van der Waals surface area contributed by atoms with Crippen molar-refractivity contribution in [3.63, 3.8) is 0 Å². The third-order valence-electron chi connectivity index (χ3n) is 3.87. The van der Waals surface area contributed by atoms with Gasteiger partial charge < -0.3 is 19.7 Å². The lowest BCUT2D eigenvalue weighted by molar-refractivity contribution is 0.339. The van der Waals surface area contributed by atoms with Crippen LogP contribution in [0.4, 0.5) is 0 Å². The molecule has 29 heavy (non-hydrogen) atoms. The first-order valence-corrected chi connectivity index (χ1v) is 10.4. The van der Waals surface area contributed by atoms with Gasteiger partial charge >= 0.3 is 0 Å². The van der Waals surface area contributed by atoms with Gasteiger partial charge in [0.2, 0.25) is 11.8 Å². The fourth-order valence-electron chi connectivity index (χ4n) is 3.04. The van der Waals surface area contributed by atoms with Crippen LogP contribution in [0.1, 0.15) is 85.2 Å². The van der Waals surface area contributed by atoms with Crippen molar-refractivity contribution in [1.29, 1.82) is 0 Å². The predicted octanol–water partition coefficient (Wildman–Crippen LogP) is 3.78. The highest BCUT2D eigenvalue weighted by atomic mass is 16.5. The summed E-state index contributed by atoms with van der Waals surface area (Å²) in [6.45, 7) is 20.8. The molecule has 0 bridgehead atoms. The molecule has 2 atom stereocenters. The molecule has 8 nitrogen and oxygen atoms in total. The van der Waals surface area contributed by atoms with E-state index < -0.39 is 0 Å². The lowest BCUT2D eigenvalue weighted by Crippen LogP contribution is -2.44. The Balaban J connectivity index is 0.000000291. The number of hydrogen-bond acceptors (Lipinski definition) is 8. The Morgan fingerprint density at radius 2 is 1.24 bits per heavy atom. The van der Waals surface area contributed by atoms with Crippen molar-refractivity contribution in [3.05, 3.63) is 23.4 Å². The van der Waals surface area contributed by atoms with Gasteiger partial charge in [-0.2, -0.15) is 9.97 Å². The van der Waals surface area contributed by atoms with Gasteiger partial charge in [0.15, 0.2) is 11.6 Å². The van der Waals surface area contributed by atoms with Gasteiger partial charge in [0.05, 0.1) is 0 Å². The van der Waals surface area contributed by atoms with E-state index in [1.165, 1.54) is 0 Å². The Bertz CT molecular complexity index is 711. The van der Waals surface area contributed by atoms with Crippen LogP contribution in [0.5, 0.6) is 0 Å². The zero-order valence-corrected chi connectivity index (χ0v) is 19.9. The normalized spacial score (nSPS) is 14.3. The summed E-state index contributed by atoms with van der Waals surface area (Å²) in [7, 11) is 0. The SMILES string of the molecule is CC[C@H](Cc1noc(C)n1)NC(C)(C)C.Cc1nc(C[C@@H](C)NC(C)(C)C)no1. The van der Waals surface area contributed by atoms with Crippen molar-refractivity contribution in [2.24, 2.45) is 0 Å². The van der Waals surface area contributed by atoms with Gasteiger partial charge in [-0.05, 0) is 54.9 Å². The molecule has 0 amide bonds. The van der Waals surface area contributed by atoms with Gasteiger partial charge in [0, 0.05) is 49.9 Å². The standard InChI is InChI=1S/C11H21N3O.C10H19N3O/c1-6-9(13-11(3,4)5)7-10-12-8(2)15-14-10;1-7(12-10(3,4)5)6-9-11-8(2)14-13-9/h9,13H,6-7H2,1-5H3;7,12H,6H2,1-5H3/t9-;7-/m11/s1. The van der Waals surface area contributed by atoms with Crippen molar-refractivity contribution in [2.45, 2.75) is 112 Å². The molecule has 0 aromatic carbocycles. The summed E-state index contributed by atoms with van der Waals surface area (Å²) in [6, 6.07) is 0.758. The van der Waals surface area contributed by atoms with Crippen LogP contribution in [0.2, 0.25) is 0 Å². The maximum Gasteiger partial charge on any atom is 0.223 e. The van der Waals surface area contributed by atoms with E-state index in [4.69, 9.17) is 9.05 Å². The van der Waals surface area contributed by atoms with Crippen molar-refractivity contribution in [3.8, 4) is 0 Å². The van der Waals surface area contributed by atoms with E-state index in [0.29, 0.717) is 23.9 Å². The third-order valence-corrected chi connectivity index (χ3v) is 3.87. The van der Waals surface area contributed by atoms with Gasteiger partial charge in [0.1, 0.15) is 0 Å². The second-order valence-electron chi connectivity index (χ2n) is 9.66. The van der Waals surface area contributed by atoms with Crippen LogP contribution in [-0.4, -0.2) is 43.4 Å². The molecule has 0 aliphatic heterocycles. The summed E-state index contributed by atoms with van der Waals surface area (Å²) in [5.74, 6) is 2.82. The number of nitrogens with one attached hydrogen (secondary N) is 2. The van der Waals surface area contributed by atoms with Gasteiger partial charge in [0.25, 0.3) is 0 Å². The molecule has 2 heterocycles. The summed E-state index contributed by atoms with van der Waals surface area (Å²) in [6.07, 6.45) is 2.69. The molecule has 0 saturated carbocycles. The van der Waals surface area contributed by atoms with Crippen molar-refractivity contribution in [1.82, 2.24) is 30.9 Å². The summed E-state index contributed by atoms with van der Waals surface area (Å²) in [5, 5.41) is 14.8. The number of aromatic nitrogens is 4. The molecule has 0 aliphatic carbocycles. The molecule has 0 spiro atoms. The summed E-state index contributed by atoms with van der Waals surface area (Å²) in [5.41, 5.74) is 0.248. The maximum absolute atomic E-state index is 4.95. The Hall–Kier alpha value is -1.80. The van der Waals surface area contributed by atoms with Crippen molar-refractivity contribution in [2.75, 3.05) is 0 Å². The second-order valence-corrected chi connectivity index (χ2v) is 9.66. The molecule has 2 aromatic heterocycles. The van der Waals surface area contributed by atoms with E-state index in [2.05, 4.69) is 86.3 Å². The minimum Gasteiger partial charge on any atom is -0.340 e. The number of nitrogens with zero attached hydrogens (tertiary/aromatic N) is 4. The molecule has 8 heteroatoms. The molecule has 0 unspecified atom stereocenters. The fourth-order valence-corrected chi connectivity index (χ4v) is 3.04. The van der Waals surface area contributed by atoms with Crippen LogP contribution in [0.25, 0.3) is 0 Å². The highest BCUT2D eigenvalue weighted by Gasteiger charge is 2.18. The minimum absolute atomic E-state index is 0.123. The minimum atomic E-state index is 0.123. The molecule has 0 radical (unpaired) electrons. The first-order chi connectivity index (χ1) is 13.3. The molecule has 0 saturated heterocycles. The summed E-state index contributed by atoms with van der Waals surface area (Å²) < 4.78 is 9.86. The third kappa shape index (κ3) is 11.7. The molecule has 2 N–H and O–H groups in total.